The number of carbonyl (C=O) groups excluding carboxylic acids is 1. The van der Waals surface area contributed by atoms with Gasteiger partial charge in [-0.2, -0.15) is 0 Å². The summed E-state index contributed by atoms with van der Waals surface area (Å²) in [7, 11) is 0. The second-order valence-corrected chi connectivity index (χ2v) is 5.93. The zero-order valence-electron chi connectivity index (χ0n) is 14.3. The molecule has 0 unspecified atom stereocenters. The van der Waals surface area contributed by atoms with Crippen LogP contribution in [0.3, 0.4) is 0 Å². The number of aliphatic hydroxyl groups is 1. The van der Waals surface area contributed by atoms with Crippen molar-refractivity contribution in [3.8, 4) is 5.75 Å². The summed E-state index contributed by atoms with van der Waals surface area (Å²) >= 11 is 0. The Morgan fingerprint density at radius 1 is 1.15 bits per heavy atom. The van der Waals surface area contributed by atoms with Crippen LogP contribution >= 0.6 is 0 Å². The van der Waals surface area contributed by atoms with Crippen LogP contribution in [-0.4, -0.2) is 34.1 Å². The molecule has 3 aromatic rings. The average Bonchev–Trinajstić information content (AvgIpc) is 2.65. The number of carbonyl (C=O) groups is 1. The zero-order valence-corrected chi connectivity index (χ0v) is 14.3. The second kappa shape index (κ2) is 7.41. The largest absolute Gasteiger partial charge is 0.508 e. The summed E-state index contributed by atoms with van der Waals surface area (Å²) in [5.74, 6) is -0.510. The van der Waals surface area contributed by atoms with E-state index in [1.807, 2.05) is 0 Å². The van der Waals surface area contributed by atoms with Crippen LogP contribution < -0.4 is 5.43 Å². The van der Waals surface area contributed by atoms with Crippen molar-refractivity contribution in [1.29, 1.82) is 0 Å². The number of phenols is 1. The van der Waals surface area contributed by atoms with E-state index >= 15 is 0 Å². The fourth-order valence-corrected chi connectivity index (χ4v) is 2.77. The lowest BCUT2D eigenvalue weighted by molar-refractivity contribution is 0.0606. The van der Waals surface area contributed by atoms with Gasteiger partial charge in [0.15, 0.2) is 11.2 Å². The van der Waals surface area contributed by atoms with Gasteiger partial charge < -0.3 is 19.5 Å². The Labute approximate surface area is 149 Å². The number of phenolic OH excluding ortho intramolecular Hbond substituents is 1. The third-order valence-electron chi connectivity index (χ3n) is 4.16. The van der Waals surface area contributed by atoms with Crippen LogP contribution in [0.4, 0.5) is 0 Å². The molecule has 0 fully saturated rings. The number of nitrogens with zero attached hydrogens (tertiary/aromatic N) is 1. The molecule has 0 spiro atoms. The van der Waals surface area contributed by atoms with Crippen LogP contribution in [0.25, 0.3) is 11.0 Å². The number of benzene rings is 2. The lowest BCUT2D eigenvalue weighted by Gasteiger charge is -2.23. The fraction of sp³-hybridized carbons (Fsp3) is 0.200. The molecule has 0 aliphatic rings. The van der Waals surface area contributed by atoms with Crippen molar-refractivity contribution in [3.05, 3.63) is 76.1 Å². The van der Waals surface area contributed by atoms with Gasteiger partial charge >= 0.3 is 0 Å². The first-order chi connectivity index (χ1) is 12.5. The van der Waals surface area contributed by atoms with E-state index in [1.54, 1.807) is 43.3 Å². The van der Waals surface area contributed by atoms with Crippen LogP contribution in [0, 0.1) is 0 Å². The van der Waals surface area contributed by atoms with E-state index in [1.165, 1.54) is 23.1 Å². The summed E-state index contributed by atoms with van der Waals surface area (Å²) < 4.78 is 5.58. The molecule has 134 valence electrons. The van der Waals surface area contributed by atoms with E-state index in [-0.39, 0.29) is 23.5 Å². The van der Waals surface area contributed by atoms with E-state index in [0.29, 0.717) is 23.1 Å². The molecule has 2 N–H and O–H groups in total. The minimum Gasteiger partial charge on any atom is -0.508 e. The Bertz CT molecular complexity index is 995. The van der Waals surface area contributed by atoms with Crippen molar-refractivity contribution < 1.29 is 19.4 Å². The Balaban J connectivity index is 1.86. The van der Waals surface area contributed by atoms with E-state index in [0.717, 1.165) is 0 Å². The molecule has 1 aromatic heterocycles. The molecule has 6 nitrogen and oxygen atoms in total. The Hall–Kier alpha value is -3.12. The first kappa shape index (κ1) is 17.7. The highest BCUT2D eigenvalue weighted by Crippen LogP contribution is 2.20. The normalized spacial score (nSPS) is 12.1. The molecule has 3 rings (SSSR count). The molecule has 0 radical (unpaired) electrons. The van der Waals surface area contributed by atoms with E-state index in [9.17, 15) is 19.8 Å². The molecule has 0 aliphatic heterocycles. The van der Waals surface area contributed by atoms with Gasteiger partial charge in [0.1, 0.15) is 11.3 Å². The maximum Gasteiger partial charge on any atom is 0.289 e. The lowest BCUT2D eigenvalue weighted by atomic mass is 10.1. The standard InChI is InChI=1S/C20H19NO5/c1-2-21(12-17(24)13-6-5-7-14(22)10-13)20(25)19-11-16(23)15-8-3-4-9-18(15)26-19/h3-11,17,22,24H,2,12H2,1H3/t17-/m0/s1. The summed E-state index contributed by atoms with van der Waals surface area (Å²) in [6, 6.07) is 14.1. The van der Waals surface area contributed by atoms with Gasteiger partial charge in [0, 0.05) is 12.6 Å². The lowest BCUT2D eigenvalue weighted by Crippen LogP contribution is -2.35. The van der Waals surface area contributed by atoms with E-state index in [4.69, 9.17) is 4.42 Å². The molecule has 0 saturated carbocycles. The molecular weight excluding hydrogens is 334 g/mol. The van der Waals surface area contributed by atoms with Crippen LogP contribution in [0.2, 0.25) is 0 Å². The maximum atomic E-state index is 12.7. The van der Waals surface area contributed by atoms with E-state index in [2.05, 4.69) is 0 Å². The number of aliphatic hydroxyl groups excluding tert-OH is 1. The smallest absolute Gasteiger partial charge is 0.289 e. The SMILES string of the molecule is CCN(C[C@H](O)c1cccc(O)c1)C(=O)c1cc(=O)c2ccccc2o1. The first-order valence-corrected chi connectivity index (χ1v) is 8.28. The second-order valence-electron chi connectivity index (χ2n) is 5.93. The molecule has 0 saturated heterocycles. The number of hydrogen-bond donors (Lipinski definition) is 2. The van der Waals surface area contributed by atoms with Crippen LogP contribution in [0.1, 0.15) is 29.1 Å². The fourth-order valence-electron chi connectivity index (χ4n) is 2.77. The molecule has 26 heavy (non-hydrogen) atoms. The van der Waals surface area contributed by atoms with Gasteiger partial charge in [0.05, 0.1) is 18.0 Å². The number of likely N-dealkylation sites (N-methyl/N-ethyl adjacent to an activating group) is 1. The summed E-state index contributed by atoms with van der Waals surface area (Å²) in [6.07, 6.45) is -0.974. The zero-order chi connectivity index (χ0) is 18.7. The minimum absolute atomic E-state index is 0.00925. The van der Waals surface area contributed by atoms with Gasteiger partial charge in [0.2, 0.25) is 0 Å². The van der Waals surface area contributed by atoms with Gasteiger partial charge in [0.25, 0.3) is 5.91 Å². The van der Waals surface area contributed by atoms with Gasteiger partial charge in [-0.3, -0.25) is 9.59 Å². The van der Waals surface area contributed by atoms with Crippen LogP contribution in [-0.2, 0) is 0 Å². The van der Waals surface area contributed by atoms with Crippen LogP contribution in [0.5, 0.6) is 5.75 Å². The molecule has 6 heteroatoms. The van der Waals surface area contributed by atoms with Crippen molar-refractivity contribution in [2.75, 3.05) is 13.1 Å². The summed E-state index contributed by atoms with van der Waals surface area (Å²) in [6.45, 7) is 2.10. The number of aromatic hydroxyl groups is 1. The number of amides is 1. The van der Waals surface area contributed by atoms with Crippen molar-refractivity contribution in [1.82, 2.24) is 4.90 Å². The van der Waals surface area contributed by atoms with Crippen molar-refractivity contribution >= 4 is 16.9 Å². The highest BCUT2D eigenvalue weighted by atomic mass is 16.3. The molecular formula is C20H19NO5. The molecule has 0 aliphatic carbocycles. The Morgan fingerprint density at radius 2 is 1.92 bits per heavy atom. The Kier molecular flexibility index (Phi) is 5.04. The average molecular weight is 353 g/mol. The van der Waals surface area contributed by atoms with Gasteiger partial charge in [-0.15, -0.1) is 0 Å². The Morgan fingerprint density at radius 3 is 2.65 bits per heavy atom. The monoisotopic (exact) mass is 353 g/mol. The molecule has 1 atom stereocenters. The summed E-state index contributed by atoms with van der Waals surface area (Å²) in [5.41, 5.74) is 0.545. The summed E-state index contributed by atoms with van der Waals surface area (Å²) in [5, 5.41) is 20.3. The molecule has 1 heterocycles. The van der Waals surface area contributed by atoms with Gasteiger partial charge in [-0.25, -0.2) is 0 Å². The predicted octanol–water partition coefficient (Wildman–Crippen LogP) is 2.69. The number of rotatable bonds is 5. The van der Waals surface area contributed by atoms with Crippen LogP contribution in [0.15, 0.2) is 63.8 Å². The quantitative estimate of drug-likeness (QED) is 0.736. The summed E-state index contributed by atoms with van der Waals surface area (Å²) in [4.78, 5) is 26.3. The number of hydrogen-bond acceptors (Lipinski definition) is 5. The predicted molar refractivity (Wildman–Crippen MR) is 97.1 cm³/mol. The molecule has 1 amide bonds. The first-order valence-electron chi connectivity index (χ1n) is 8.28. The third-order valence-corrected chi connectivity index (χ3v) is 4.16. The van der Waals surface area contributed by atoms with Crippen molar-refractivity contribution in [2.24, 2.45) is 0 Å². The number of fused-ring (bicyclic) bond motifs is 1. The molecule has 2 aromatic carbocycles. The van der Waals surface area contributed by atoms with Crippen molar-refractivity contribution in [2.45, 2.75) is 13.0 Å². The topological polar surface area (TPSA) is 91.0 Å². The maximum absolute atomic E-state index is 12.7. The highest BCUT2D eigenvalue weighted by molar-refractivity contribution is 5.93. The highest BCUT2D eigenvalue weighted by Gasteiger charge is 2.22. The molecule has 0 bridgehead atoms. The number of para-hydroxylation sites is 1. The van der Waals surface area contributed by atoms with Crippen molar-refractivity contribution in [3.63, 3.8) is 0 Å². The van der Waals surface area contributed by atoms with Gasteiger partial charge in [-0.05, 0) is 36.8 Å². The van der Waals surface area contributed by atoms with Gasteiger partial charge in [-0.1, -0.05) is 24.3 Å². The minimum atomic E-state index is -0.974. The third kappa shape index (κ3) is 3.60. The van der Waals surface area contributed by atoms with E-state index < -0.39 is 12.0 Å².